The van der Waals surface area contributed by atoms with Crippen LogP contribution in [0.25, 0.3) is 0 Å². The van der Waals surface area contributed by atoms with Crippen LogP contribution in [0.3, 0.4) is 0 Å². The zero-order chi connectivity index (χ0) is 15.8. The molecule has 8 nitrogen and oxygen atoms in total. The molecule has 0 aliphatic heterocycles. The molecule has 0 saturated heterocycles. The van der Waals surface area contributed by atoms with E-state index in [-0.39, 0.29) is 19.8 Å². The van der Waals surface area contributed by atoms with Crippen LogP contribution < -0.4 is 0 Å². The molecule has 1 atom stereocenters. The average molecular weight is 333 g/mol. The van der Waals surface area contributed by atoms with Crippen molar-refractivity contribution in [1.82, 2.24) is 0 Å². The van der Waals surface area contributed by atoms with Crippen LogP contribution in [0.15, 0.2) is 0 Å². The molecule has 0 aromatic carbocycles. The van der Waals surface area contributed by atoms with Crippen LogP contribution in [0.1, 0.15) is 13.8 Å². The van der Waals surface area contributed by atoms with Crippen molar-refractivity contribution >= 4 is 25.9 Å². The normalized spacial score (nSPS) is 14.2. The second-order valence-electron chi connectivity index (χ2n) is 4.72. The molecule has 0 heterocycles. The third-order valence-electron chi connectivity index (χ3n) is 2.12. The van der Waals surface area contributed by atoms with Crippen molar-refractivity contribution in [3.63, 3.8) is 0 Å². The first kappa shape index (κ1) is 20.0. The Kier molecular flexibility index (Phi) is 9.12. The van der Waals surface area contributed by atoms with Crippen molar-refractivity contribution in [1.29, 1.82) is 0 Å². The van der Waals surface area contributed by atoms with Crippen molar-refractivity contribution in [3.05, 3.63) is 0 Å². The van der Waals surface area contributed by atoms with E-state index < -0.39 is 25.7 Å². The molecule has 0 saturated carbocycles. The minimum atomic E-state index is -4.30. The van der Waals surface area contributed by atoms with E-state index in [4.69, 9.17) is 24.5 Å². The Morgan fingerprint density at radius 2 is 1.90 bits per heavy atom. The Hall–Kier alpha value is 0.0100. The lowest BCUT2D eigenvalue weighted by atomic mass is 9.97. The third kappa shape index (κ3) is 9.84. The fourth-order valence-corrected chi connectivity index (χ4v) is 2.49. The van der Waals surface area contributed by atoms with Crippen molar-refractivity contribution in [2.75, 3.05) is 31.3 Å². The number of hydrogen-bond acceptors (Lipinski definition) is 9. The molecule has 0 rings (SSSR count). The van der Waals surface area contributed by atoms with Crippen molar-refractivity contribution in [2.24, 2.45) is 5.41 Å². The van der Waals surface area contributed by atoms with Crippen molar-refractivity contribution < 1.29 is 38.9 Å². The number of carbonyl (C=O) groups is 1. The minimum absolute atomic E-state index is 0.213. The second-order valence-corrected chi connectivity index (χ2v) is 7.03. The van der Waals surface area contributed by atoms with Gasteiger partial charge in [-0.05, 0) is 13.8 Å². The van der Waals surface area contributed by atoms with Gasteiger partial charge in [0.2, 0.25) is 0 Å². The zero-order valence-electron chi connectivity index (χ0n) is 11.4. The number of esters is 1. The van der Waals surface area contributed by atoms with Gasteiger partial charge in [-0.3, -0.25) is 4.79 Å². The third-order valence-corrected chi connectivity index (χ3v) is 4.19. The molecule has 0 radical (unpaired) electrons. The molecule has 10 heteroatoms. The molecule has 0 amide bonds. The summed E-state index contributed by atoms with van der Waals surface area (Å²) >= 11 is 1.31. The molecule has 0 bridgehead atoms. The lowest BCUT2D eigenvalue weighted by Gasteiger charge is -2.22. The smallest absolute Gasteiger partial charge is 0.463 e. The lowest BCUT2D eigenvalue weighted by Crippen LogP contribution is -2.31. The van der Waals surface area contributed by atoms with E-state index in [0.29, 0.717) is 11.5 Å². The lowest BCUT2D eigenvalue weighted by molar-refractivity contribution is -0.153. The Bertz CT molecular complexity index is 293. The van der Waals surface area contributed by atoms with Gasteiger partial charge in [0.1, 0.15) is 13.2 Å². The van der Waals surface area contributed by atoms with Gasteiger partial charge >= 0.3 is 14.1 Å². The Balaban J connectivity index is 3.93. The fourth-order valence-electron chi connectivity index (χ4n) is 1.05. The van der Waals surface area contributed by atoms with Gasteiger partial charge in [-0.1, -0.05) is 0 Å². The summed E-state index contributed by atoms with van der Waals surface area (Å²) in [5.41, 5.74) is -0.802. The van der Waals surface area contributed by atoms with E-state index in [1.165, 1.54) is 11.8 Å². The molecule has 0 spiro atoms. The van der Waals surface area contributed by atoms with Gasteiger partial charge in [-0.25, -0.2) is 0 Å². The van der Waals surface area contributed by atoms with Gasteiger partial charge in [-0.2, -0.15) is 26.4 Å². The summed E-state index contributed by atoms with van der Waals surface area (Å²) in [6, 6.07) is 0. The predicted molar refractivity (Wildman–Crippen MR) is 74.7 cm³/mol. The predicted octanol–water partition coefficient (Wildman–Crippen LogP) is -0.687. The first-order chi connectivity index (χ1) is 9.08. The quantitative estimate of drug-likeness (QED) is 0.200. The number of carbonyl (C=O) groups excluding carboxylic acids is 1. The topological polar surface area (TPSA) is 137 Å². The van der Waals surface area contributed by atoms with Crippen LogP contribution >= 0.6 is 19.9 Å². The highest BCUT2D eigenvalue weighted by atomic mass is 32.2. The number of rotatable bonds is 10. The number of hydrogen-bond donors (Lipinski definition) is 5. The number of thioether (sulfide) groups is 1. The summed E-state index contributed by atoms with van der Waals surface area (Å²) in [7, 11) is -4.30. The second kappa shape index (κ2) is 9.11. The first-order valence-corrected chi connectivity index (χ1v) is 8.56. The van der Waals surface area contributed by atoms with E-state index in [1.807, 2.05) is 0 Å². The maximum absolute atomic E-state index is 11.8. The maximum Gasteiger partial charge on any atom is 0.567 e. The van der Waals surface area contributed by atoms with Crippen LogP contribution in [-0.4, -0.2) is 68.3 Å². The zero-order valence-corrected chi connectivity index (χ0v) is 13.1. The first-order valence-electron chi connectivity index (χ1n) is 5.84. The maximum atomic E-state index is 11.8. The summed E-state index contributed by atoms with van der Waals surface area (Å²) in [5, 5.41) is 17.8. The average Bonchev–Trinajstić information content (AvgIpc) is 2.32. The Labute approximate surface area is 122 Å². The molecular weight excluding hydrogens is 311 g/mol. The summed E-state index contributed by atoms with van der Waals surface area (Å²) in [6.45, 7) is 2.46. The van der Waals surface area contributed by atoms with Crippen LogP contribution in [0.4, 0.5) is 0 Å². The van der Waals surface area contributed by atoms with Crippen LogP contribution in [0, 0.1) is 5.41 Å². The monoisotopic (exact) mass is 333 g/mol. The van der Waals surface area contributed by atoms with E-state index in [9.17, 15) is 9.90 Å². The van der Waals surface area contributed by atoms with Crippen molar-refractivity contribution in [2.45, 2.75) is 20.0 Å². The van der Waals surface area contributed by atoms with E-state index in [0.717, 1.165) is 0 Å². The molecule has 0 fully saturated rings. The van der Waals surface area contributed by atoms with E-state index in [1.54, 1.807) is 13.8 Å². The van der Waals surface area contributed by atoms with E-state index >= 15 is 0 Å². The SMILES string of the molecule is CC(C)(CSCC(O)CO)C(=O)OCCO[P+](O)(O)O. The molecule has 0 aliphatic rings. The Morgan fingerprint density at radius 3 is 2.40 bits per heavy atom. The summed E-state index contributed by atoms with van der Waals surface area (Å²) in [4.78, 5) is 37.4. The molecule has 120 valence electrons. The molecular formula is C10H22O8PS+. The van der Waals surface area contributed by atoms with Gasteiger partial charge in [0, 0.05) is 11.5 Å². The van der Waals surface area contributed by atoms with Gasteiger partial charge in [0.15, 0.2) is 0 Å². The van der Waals surface area contributed by atoms with E-state index in [2.05, 4.69) is 4.52 Å². The minimum Gasteiger partial charge on any atom is -0.463 e. The molecule has 0 aliphatic carbocycles. The number of ether oxygens (including phenoxy) is 1. The van der Waals surface area contributed by atoms with Gasteiger partial charge in [0.05, 0.1) is 18.1 Å². The standard InChI is InChI=1S/C10H22O8PS/c1-10(2,7-20-6-8(12)5-11)9(13)17-3-4-18-19(14,15)16/h8,11-12,14-16H,3-7H2,1-2H3/q+1. The molecule has 5 N–H and O–H groups in total. The van der Waals surface area contributed by atoms with Crippen molar-refractivity contribution in [3.8, 4) is 0 Å². The molecule has 20 heavy (non-hydrogen) atoms. The summed E-state index contributed by atoms with van der Waals surface area (Å²) in [5.74, 6) is 0.189. The Morgan fingerprint density at radius 1 is 1.30 bits per heavy atom. The summed E-state index contributed by atoms with van der Waals surface area (Å²) in [6.07, 6.45) is -0.823. The largest absolute Gasteiger partial charge is 0.567 e. The number of aliphatic hydroxyl groups is 2. The summed E-state index contributed by atoms with van der Waals surface area (Å²) < 4.78 is 9.14. The molecule has 0 aromatic rings. The highest BCUT2D eigenvalue weighted by Crippen LogP contribution is 2.45. The van der Waals surface area contributed by atoms with Crippen LogP contribution in [-0.2, 0) is 14.1 Å². The molecule has 0 aromatic heterocycles. The highest BCUT2D eigenvalue weighted by Gasteiger charge is 2.34. The van der Waals surface area contributed by atoms with Crippen LogP contribution in [0.5, 0.6) is 0 Å². The van der Waals surface area contributed by atoms with Gasteiger partial charge < -0.3 is 14.9 Å². The molecule has 1 unspecified atom stereocenters. The van der Waals surface area contributed by atoms with Crippen LogP contribution in [0.2, 0.25) is 0 Å². The van der Waals surface area contributed by atoms with Gasteiger partial charge in [0.25, 0.3) is 0 Å². The number of aliphatic hydroxyl groups excluding tert-OH is 2. The van der Waals surface area contributed by atoms with Gasteiger partial charge in [-0.15, -0.1) is 4.52 Å². The fraction of sp³-hybridized carbons (Fsp3) is 0.900. The highest BCUT2D eigenvalue weighted by molar-refractivity contribution is 7.99.